The Morgan fingerprint density at radius 3 is 2.59 bits per heavy atom. The number of hydrogen-bond donors (Lipinski definition) is 5. The van der Waals surface area contributed by atoms with Crippen molar-refractivity contribution in [1.82, 2.24) is 25.2 Å². The van der Waals surface area contributed by atoms with Crippen LogP contribution in [0, 0.1) is 11.3 Å². The van der Waals surface area contributed by atoms with Gasteiger partial charge >= 0.3 is 6.09 Å². The van der Waals surface area contributed by atoms with Crippen LogP contribution in [0.5, 0.6) is 0 Å². The minimum atomic E-state index is -1.67. The Morgan fingerprint density at radius 2 is 1.92 bits per heavy atom. The van der Waals surface area contributed by atoms with Gasteiger partial charge in [0.1, 0.15) is 12.2 Å². The number of halogens is 1. The number of anilines is 1. The van der Waals surface area contributed by atoms with E-state index < -0.39 is 34.9 Å². The predicted molar refractivity (Wildman–Crippen MR) is 140 cm³/mol. The highest BCUT2D eigenvalue weighted by Gasteiger charge is 2.55. The normalized spacial score (nSPS) is 22.8. The molecule has 2 bridgehead atoms. The van der Waals surface area contributed by atoms with Gasteiger partial charge in [0.2, 0.25) is 0 Å². The number of nitrogens with one attached hydrogen (secondary N) is 3. The SMILES string of the molecule is CC(C)(O)C(F)CNC(=O)c1cnc(-c2ccc3cc(C#N)cnn23)cc1NC12CCC(NC(=O)O)(CC1)C2. The minimum absolute atomic E-state index is 0.201. The summed E-state index contributed by atoms with van der Waals surface area (Å²) in [6.45, 7) is 2.29. The second-order valence-corrected chi connectivity index (χ2v) is 11.2. The number of hydrogen-bond acceptors (Lipinski definition) is 7. The molecule has 3 aromatic heterocycles. The Morgan fingerprint density at radius 1 is 1.21 bits per heavy atom. The maximum Gasteiger partial charge on any atom is 0.405 e. The zero-order chi connectivity index (χ0) is 28.0. The smallest absolute Gasteiger partial charge is 0.405 e. The van der Waals surface area contributed by atoms with Gasteiger partial charge in [0.25, 0.3) is 5.91 Å². The summed E-state index contributed by atoms with van der Waals surface area (Å²) in [7, 11) is 0. The summed E-state index contributed by atoms with van der Waals surface area (Å²) in [5.41, 5.74) is 0.432. The second-order valence-electron chi connectivity index (χ2n) is 11.2. The van der Waals surface area contributed by atoms with E-state index in [-0.39, 0.29) is 12.1 Å². The van der Waals surface area contributed by atoms with Crippen molar-refractivity contribution < 1.29 is 24.2 Å². The maximum absolute atomic E-state index is 14.4. The van der Waals surface area contributed by atoms with Crippen LogP contribution < -0.4 is 16.0 Å². The highest BCUT2D eigenvalue weighted by molar-refractivity contribution is 6.00. The number of carboxylic acid groups (broad SMARTS) is 1. The number of aromatic nitrogens is 3. The van der Waals surface area contributed by atoms with Gasteiger partial charge in [-0.3, -0.25) is 9.78 Å². The molecule has 0 saturated heterocycles. The average molecular weight is 536 g/mol. The van der Waals surface area contributed by atoms with Gasteiger partial charge in [-0.05, 0) is 70.2 Å². The van der Waals surface area contributed by atoms with E-state index in [2.05, 4.69) is 32.1 Å². The Balaban J connectivity index is 1.49. The van der Waals surface area contributed by atoms with Crippen molar-refractivity contribution in [3.05, 3.63) is 47.8 Å². The standard InChI is InChI=1S/C27H30FN7O4/c1-25(2,39)22(28)14-31-23(36)18-13-30-20(21-4-3-17-9-16(11-29)12-32-35(17)21)10-19(18)33-26-5-7-27(15-26,8-6-26)34-24(37)38/h3-4,9-10,12-13,22,34,39H,5-8,14-15H2,1-2H3,(H,30,33)(H,31,36)(H,37,38). The molecule has 0 aromatic carbocycles. The summed E-state index contributed by atoms with van der Waals surface area (Å²) in [6, 6.07) is 9.14. The number of amides is 2. The van der Waals surface area contributed by atoms with Crippen LogP contribution in [0.3, 0.4) is 0 Å². The van der Waals surface area contributed by atoms with E-state index in [4.69, 9.17) is 0 Å². The molecule has 39 heavy (non-hydrogen) atoms. The fourth-order valence-electron chi connectivity index (χ4n) is 5.72. The molecule has 5 rings (SSSR count). The number of rotatable bonds is 8. The van der Waals surface area contributed by atoms with E-state index in [1.54, 1.807) is 16.6 Å². The number of nitrogens with zero attached hydrogens (tertiary/aromatic N) is 4. The topological polar surface area (TPSA) is 165 Å². The fraction of sp³-hybridized carbons (Fsp3) is 0.444. The summed E-state index contributed by atoms with van der Waals surface area (Å²) in [6.07, 6.45) is 3.49. The third-order valence-electron chi connectivity index (χ3n) is 7.86. The van der Waals surface area contributed by atoms with E-state index >= 15 is 0 Å². The number of carbonyl (C=O) groups excluding carboxylic acids is 1. The van der Waals surface area contributed by atoms with Crippen molar-refractivity contribution in [3.63, 3.8) is 0 Å². The highest BCUT2D eigenvalue weighted by atomic mass is 19.1. The Labute approximate surface area is 224 Å². The molecule has 0 radical (unpaired) electrons. The number of aliphatic hydroxyl groups is 1. The third kappa shape index (κ3) is 5.09. The van der Waals surface area contributed by atoms with Crippen molar-refractivity contribution in [2.24, 2.45) is 0 Å². The van der Waals surface area contributed by atoms with Gasteiger partial charge in [-0.25, -0.2) is 13.7 Å². The van der Waals surface area contributed by atoms with Crippen LogP contribution >= 0.6 is 0 Å². The molecule has 2 fully saturated rings. The van der Waals surface area contributed by atoms with Crippen molar-refractivity contribution in [3.8, 4) is 17.5 Å². The van der Waals surface area contributed by atoms with Crippen LogP contribution in [-0.2, 0) is 0 Å². The molecule has 2 amide bonds. The zero-order valence-corrected chi connectivity index (χ0v) is 21.7. The number of fused-ring (bicyclic) bond motifs is 3. The fourth-order valence-corrected chi connectivity index (χ4v) is 5.72. The first-order chi connectivity index (χ1) is 18.4. The van der Waals surface area contributed by atoms with Crippen molar-refractivity contribution in [1.29, 1.82) is 5.26 Å². The van der Waals surface area contributed by atoms with Gasteiger partial charge in [-0.15, -0.1) is 0 Å². The van der Waals surface area contributed by atoms with E-state index in [0.29, 0.717) is 60.3 Å². The van der Waals surface area contributed by atoms with E-state index in [1.165, 1.54) is 26.2 Å². The molecule has 1 unspecified atom stereocenters. The van der Waals surface area contributed by atoms with Gasteiger partial charge in [-0.1, -0.05) is 0 Å². The van der Waals surface area contributed by atoms with Crippen molar-refractivity contribution in [2.75, 3.05) is 11.9 Å². The van der Waals surface area contributed by atoms with Gasteiger partial charge in [-0.2, -0.15) is 10.4 Å². The first kappa shape index (κ1) is 26.4. The first-order valence-corrected chi connectivity index (χ1v) is 12.7. The maximum atomic E-state index is 14.4. The Kier molecular flexibility index (Phi) is 6.42. The number of carbonyl (C=O) groups is 2. The van der Waals surface area contributed by atoms with Gasteiger partial charge in [0, 0.05) is 17.3 Å². The van der Waals surface area contributed by atoms with Crippen molar-refractivity contribution >= 4 is 23.2 Å². The molecule has 0 aliphatic heterocycles. The largest absolute Gasteiger partial charge is 0.465 e. The molecule has 3 heterocycles. The second kappa shape index (κ2) is 9.50. The zero-order valence-electron chi connectivity index (χ0n) is 21.7. The predicted octanol–water partition coefficient (Wildman–Crippen LogP) is 3.24. The molecule has 1 atom stereocenters. The number of alkyl halides is 1. The van der Waals surface area contributed by atoms with Crippen LogP contribution in [0.4, 0.5) is 14.9 Å². The summed E-state index contributed by atoms with van der Waals surface area (Å²) >= 11 is 0. The quantitative estimate of drug-likeness (QED) is 0.293. The van der Waals surface area contributed by atoms with Gasteiger partial charge in [0.15, 0.2) is 0 Å². The molecule has 11 nitrogen and oxygen atoms in total. The lowest BCUT2D eigenvalue weighted by molar-refractivity contribution is -0.00177. The molecule has 12 heteroatoms. The van der Waals surface area contributed by atoms with Crippen LogP contribution in [0.25, 0.3) is 16.9 Å². The van der Waals surface area contributed by atoms with Crippen LogP contribution in [0.15, 0.2) is 36.7 Å². The Bertz CT molecular complexity index is 1480. The van der Waals surface area contributed by atoms with E-state index in [0.717, 1.165) is 0 Å². The van der Waals surface area contributed by atoms with Gasteiger partial charge in [0.05, 0.1) is 52.1 Å². The molecule has 2 aliphatic rings. The summed E-state index contributed by atoms with van der Waals surface area (Å²) in [4.78, 5) is 29.1. The van der Waals surface area contributed by atoms with E-state index in [1.807, 2.05) is 12.1 Å². The first-order valence-electron chi connectivity index (χ1n) is 12.7. The lowest BCUT2D eigenvalue weighted by Crippen LogP contribution is -2.44. The van der Waals surface area contributed by atoms with Crippen molar-refractivity contribution in [2.45, 2.75) is 68.8 Å². The lowest BCUT2D eigenvalue weighted by atomic mass is 9.91. The lowest BCUT2D eigenvalue weighted by Gasteiger charge is -2.30. The monoisotopic (exact) mass is 535 g/mol. The molecule has 3 aromatic rings. The summed E-state index contributed by atoms with van der Waals surface area (Å²) in [5, 5.41) is 41.5. The number of nitriles is 1. The molecule has 2 saturated carbocycles. The molecular formula is C27H30FN7O4. The van der Waals surface area contributed by atoms with Crippen LogP contribution in [0.2, 0.25) is 0 Å². The highest BCUT2D eigenvalue weighted by Crippen LogP contribution is 2.52. The number of pyridine rings is 1. The molecule has 0 spiro atoms. The molecular weight excluding hydrogens is 505 g/mol. The van der Waals surface area contributed by atoms with Crippen LogP contribution in [-0.4, -0.2) is 66.2 Å². The summed E-state index contributed by atoms with van der Waals surface area (Å²) < 4.78 is 16.0. The molecule has 204 valence electrons. The Hall–Kier alpha value is -4.24. The van der Waals surface area contributed by atoms with E-state index in [9.17, 15) is 29.5 Å². The minimum Gasteiger partial charge on any atom is -0.465 e. The molecule has 2 aliphatic carbocycles. The molecule has 5 N–H and O–H groups in total. The average Bonchev–Trinajstić information content (AvgIpc) is 3.56. The summed E-state index contributed by atoms with van der Waals surface area (Å²) in [5.74, 6) is -0.553. The van der Waals surface area contributed by atoms with Gasteiger partial charge < -0.3 is 26.2 Å². The third-order valence-corrected chi connectivity index (χ3v) is 7.86. The van der Waals surface area contributed by atoms with Crippen LogP contribution in [0.1, 0.15) is 61.9 Å².